The number of hydrogen-bond acceptors (Lipinski definition) is 1. The Hall–Kier alpha value is -0.0400. The summed E-state index contributed by atoms with van der Waals surface area (Å²) >= 11 is 0. The fraction of sp³-hybridized carbons (Fsp3) is 1.00. The lowest BCUT2D eigenvalue weighted by Gasteiger charge is -2.15. The molecule has 64 valence electrons. The lowest BCUT2D eigenvalue weighted by Crippen LogP contribution is -2.22. The van der Waals surface area contributed by atoms with Crippen LogP contribution in [0.4, 0.5) is 0 Å². The zero-order valence-electron chi connectivity index (χ0n) is 7.77. The molecule has 0 aromatic rings. The van der Waals surface area contributed by atoms with Gasteiger partial charge in [-0.1, -0.05) is 6.92 Å². The van der Waals surface area contributed by atoms with Crippen LogP contribution < -0.4 is 0 Å². The van der Waals surface area contributed by atoms with Gasteiger partial charge in [-0.2, -0.15) is 0 Å². The van der Waals surface area contributed by atoms with E-state index in [0.29, 0.717) is 0 Å². The van der Waals surface area contributed by atoms with E-state index in [1.54, 1.807) is 0 Å². The van der Waals surface area contributed by atoms with Crippen LogP contribution in [0.2, 0.25) is 0 Å². The van der Waals surface area contributed by atoms with Gasteiger partial charge in [0.1, 0.15) is 0 Å². The molecule has 2 aliphatic rings. The highest BCUT2D eigenvalue weighted by molar-refractivity contribution is 4.96. The van der Waals surface area contributed by atoms with E-state index in [2.05, 4.69) is 18.9 Å². The minimum absolute atomic E-state index is 0.824. The average Bonchev–Trinajstić information content (AvgIpc) is 2.66. The highest BCUT2D eigenvalue weighted by Gasteiger charge is 2.44. The molecule has 0 radical (unpaired) electrons. The van der Waals surface area contributed by atoms with Crippen molar-refractivity contribution < 1.29 is 0 Å². The summed E-state index contributed by atoms with van der Waals surface area (Å²) in [4.78, 5) is 2.50. The monoisotopic (exact) mass is 153 g/mol. The molecular weight excluding hydrogens is 134 g/mol. The Balaban J connectivity index is 1.98. The molecule has 2 rings (SSSR count). The van der Waals surface area contributed by atoms with Gasteiger partial charge < -0.3 is 4.90 Å². The second-order valence-corrected chi connectivity index (χ2v) is 4.82. The van der Waals surface area contributed by atoms with Crippen molar-refractivity contribution in [1.29, 1.82) is 0 Å². The van der Waals surface area contributed by atoms with E-state index in [1.807, 2.05) is 0 Å². The van der Waals surface area contributed by atoms with E-state index in [-0.39, 0.29) is 0 Å². The molecule has 0 amide bonds. The highest BCUT2D eigenvalue weighted by atomic mass is 15.1. The Morgan fingerprint density at radius 2 is 2.00 bits per heavy atom. The summed E-state index contributed by atoms with van der Waals surface area (Å²) < 4.78 is 0. The van der Waals surface area contributed by atoms with Crippen molar-refractivity contribution in [3.8, 4) is 0 Å². The van der Waals surface area contributed by atoms with E-state index >= 15 is 0 Å². The maximum absolute atomic E-state index is 2.50. The van der Waals surface area contributed by atoms with Crippen molar-refractivity contribution in [2.45, 2.75) is 32.6 Å². The molecule has 0 bridgehead atoms. The maximum atomic E-state index is 2.50. The lowest BCUT2D eigenvalue weighted by molar-refractivity contribution is 0.310. The van der Waals surface area contributed by atoms with Gasteiger partial charge in [-0.3, -0.25) is 0 Å². The number of hydrogen-bond donors (Lipinski definition) is 0. The zero-order chi connectivity index (χ0) is 7.90. The molecule has 1 heterocycles. The topological polar surface area (TPSA) is 3.24 Å². The van der Waals surface area contributed by atoms with Crippen molar-refractivity contribution in [2.75, 3.05) is 20.1 Å². The predicted octanol–water partition coefficient (Wildman–Crippen LogP) is 2.13. The van der Waals surface area contributed by atoms with Crippen molar-refractivity contribution in [3.63, 3.8) is 0 Å². The van der Waals surface area contributed by atoms with Gasteiger partial charge in [0.15, 0.2) is 0 Å². The van der Waals surface area contributed by atoms with Crippen LogP contribution in [-0.4, -0.2) is 25.0 Å². The second kappa shape index (κ2) is 2.48. The first-order chi connectivity index (χ1) is 5.20. The van der Waals surface area contributed by atoms with Crippen LogP contribution >= 0.6 is 0 Å². The first-order valence-electron chi connectivity index (χ1n) is 4.89. The van der Waals surface area contributed by atoms with Crippen LogP contribution in [0, 0.1) is 11.3 Å². The summed E-state index contributed by atoms with van der Waals surface area (Å²) in [6.45, 7) is 5.06. The van der Waals surface area contributed by atoms with Crippen molar-refractivity contribution >= 4 is 0 Å². The summed E-state index contributed by atoms with van der Waals surface area (Å²) in [5.41, 5.74) is 0.824. The van der Waals surface area contributed by atoms with Crippen molar-refractivity contribution in [2.24, 2.45) is 11.3 Å². The van der Waals surface area contributed by atoms with Crippen LogP contribution in [0.15, 0.2) is 0 Å². The Kier molecular flexibility index (Phi) is 1.71. The van der Waals surface area contributed by atoms with E-state index in [9.17, 15) is 0 Å². The first-order valence-corrected chi connectivity index (χ1v) is 4.89. The van der Waals surface area contributed by atoms with Gasteiger partial charge in [-0.25, -0.2) is 0 Å². The summed E-state index contributed by atoms with van der Waals surface area (Å²) in [5.74, 6) is 0.935. The van der Waals surface area contributed by atoms with Crippen molar-refractivity contribution in [1.82, 2.24) is 4.90 Å². The molecule has 1 saturated heterocycles. The van der Waals surface area contributed by atoms with E-state index in [4.69, 9.17) is 0 Å². The minimum atomic E-state index is 0.824. The molecule has 1 spiro atoms. The highest BCUT2D eigenvalue weighted by Crippen LogP contribution is 2.54. The van der Waals surface area contributed by atoms with Crippen LogP contribution in [0.25, 0.3) is 0 Å². The molecule has 0 aromatic heterocycles. The normalized spacial score (nSPS) is 37.1. The molecule has 0 aromatic carbocycles. The molecule has 1 aliphatic heterocycles. The minimum Gasteiger partial charge on any atom is -0.306 e. The molecule has 2 fully saturated rings. The molecule has 1 nitrogen and oxygen atoms in total. The summed E-state index contributed by atoms with van der Waals surface area (Å²) in [6, 6.07) is 0. The molecule has 0 unspecified atom stereocenters. The van der Waals surface area contributed by atoms with Crippen molar-refractivity contribution in [3.05, 3.63) is 0 Å². The summed E-state index contributed by atoms with van der Waals surface area (Å²) in [5, 5.41) is 0. The van der Waals surface area contributed by atoms with Crippen LogP contribution in [0.3, 0.4) is 0 Å². The third-order valence-electron chi connectivity index (χ3n) is 3.39. The maximum Gasteiger partial charge on any atom is 0.000418 e. The Morgan fingerprint density at radius 3 is 2.64 bits per heavy atom. The molecule has 1 atom stereocenters. The van der Waals surface area contributed by atoms with Gasteiger partial charge in [0, 0.05) is 6.54 Å². The Morgan fingerprint density at radius 1 is 1.27 bits per heavy atom. The first kappa shape index (κ1) is 7.60. The van der Waals surface area contributed by atoms with E-state index < -0.39 is 0 Å². The van der Waals surface area contributed by atoms with Gasteiger partial charge in [0.25, 0.3) is 0 Å². The lowest BCUT2D eigenvalue weighted by atomic mass is 9.92. The molecule has 1 heteroatoms. The van der Waals surface area contributed by atoms with Gasteiger partial charge in [-0.05, 0) is 50.6 Å². The smallest absolute Gasteiger partial charge is 0.000418 e. The quantitative estimate of drug-likeness (QED) is 0.515. The fourth-order valence-electron chi connectivity index (χ4n) is 2.59. The second-order valence-electron chi connectivity index (χ2n) is 4.82. The predicted molar refractivity (Wildman–Crippen MR) is 47.6 cm³/mol. The van der Waals surface area contributed by atoms with E-state index in [0.717, 1.165) is 11.3 Å². The molecule has 1 saturated carbocycles. The number of nitrogens with zero attached hydrogens (tertiary/aromatic N) is 1. The van der Waals surface area contributed by atoms with Crippen LogP contribution in [0.5, 0.6) is 0 Å². The van der Waals surface area contributed by atoms with Crippen LogP contribution in [0.1, 0.15) is 32.6 Å². The van der Waals surface area contributed by atoms with Gasteiger partial charge in [-0.15, -0.1) is 0 Å². The van der Waals surface area contributed by atoms with Gasteiger partial charge in [0.05, 0.1) is 0 Å². The van der Waals surface area contributed by atoms with Gasteiger partial charge >= 0.3 is 0 Å². The fourth-order valence-corrected chi connectivity index (χ4v) is 2.59. The molecular formula is C10H19N. The van der Waals surface area contributed by atoms with E-state index in [1.165, 1.54) is 38.8 Å². The third-order valence-corrected chi connectivity index (χ3v) is 3.39. The Labute approximate surface area is 69.8 Å². The molecule has 0 N–H and O–H groups in total. The number of rotatable bonds is 0. The third kappa shape index (κ3) is 1.58. The number of likely N-dealkylation sites (tertiary alicyclic amines) is 1. The Bertz CT molecular complexity index is 149. The van der Waals surface area contributed by atoms with Gasteiger partial charge in [0.2, 0.25) is 0 Å². The summed E-state index contributed by atoms with van der Waals surface area (Å²) in [7, 11) is 2.26. The molecule has 11 heavy (non-hydrogen) atoms. The standard InChI is InChI=1S/C10H19N/c1-9-7-10(3-4-10)5-6-11(2)8-9/h9H,3-8H2,1-2H3/t9-/m0/s1. The van der Waals surface area contributed by atoms with Crippen LogP contribution in [-0.2, 0) is 0 Å². The largest absolute Gasteiger partial charge is 0.306 e. The average molecular weight is 153 g/mol. The zero-order valence-corrected chi connectivity index (χ0v) is 7.77. The summed E-state index contributed by atoms with van der Waals surface area (Å²) in [6.07, 6.45) is 6.00. The molecule has 1 aliphatic carbocycles. The SMILES string of the molecule is C[C@@H]1CN(C)CCC2(CC2)C1.